The molecule has 1 atom stereocenters. The van der Waals surface area contributed by atoms with E-state index in [1.54, 1.807) is 51.1 Å². The highest BCUT2D eigenvalue weighted by Gasteiger charge is 2.27. The Bertz CT molecular complexity index is 1440. The molecule has 1 aliphatic heterocycles. The number of anilines is 1. The molecule has 2 amide bonds. The number of rotatable bonds is 6. The maximum Gasteiger partial charge on any atom is 0.265 e. The number of oxazole rings is 1. The number of nitrogens with one attached hydrogen (secondary N) is 2. The van der Waals surface area contributed by atoms with Crippen LogP contribution in [0.2, 0.25) is 0 Å². The van der Waals surface area contributed by atoms with Crippen LogP contribution in [0.3, 0.4) is 0 Å². The van der Waals surface area contributed by atoms with E-state index in [0.717, 1.165) is 0 Å². The monoisotopic (exact) mass is 487 g/mol. The van der Waals surface area contributed by atoms with Crippen molar-refractivity contribution in [2.45, 2.75) is 33.4 Å². The summed E-state index contributed by atoms with van der Waals surface area (Å²) in [6, 6.07) is 16.1. The first-order valence-corrected chi connectivity index (χ1v) is 11.5. The summed E-state index contributed by atoms with van der Waals surface area (Å²) in [5.74, 6) is 2.64. The first-order chi connectivity index (χ1) is 17.4. The predicted molar refractivity (Wildman–Crippen MR) is 131 cm³/mol. The molecule has 0 aliphatic carbocycles. The van der Waals surface area contributed by atoms with Crippen molar-refractivity contribution < 1.29 is 27.9 Å². The molecule has 36 heavy (non-hydrogen) atoms. The van der Waals surface area contributed by atoms with Crippen molar-refractivity contribution in [2.24, 2.45) is 0 Å². The number of amides is 2. The smallest absolute Gasteiger partial charge is 0.265 e. The molecule has 9 nitrogen and oxygen atoms in total. The van der Waals surface area contributed by atoms with Gasteiger partial charge >= 0.3 is 0 Å². The summed E-state index contributed by atoms with van der Waals surface area (Å²) in [4.78, 5) is 30.1. The summed E-state index contributed by atoms with van der Waals surface area (Å²) in [6.07, 6.45) is -0.766. The van der Waals surface area contributed by atoms with Gasteiger partial charge in [0.2, 0.25) is 12.0 Å². The van der Waals surface area contributed by atoms with E-state index in [1.165, 1.54) is 0 Å². The van der Waals surface area contributed by atoms with Crippen LogP contribution in [0.1, 0.15) is 33.3 Å². The number of hydrogen-bond acceptors (Lipinski definition) is 7. The lowest BCUT2D eigenvalue weighted by molar-refractivity contribution is -0.130. The van der Waals surface area contributed by atoms with Crippen LogP contribution in [0.25, 0.3) is 11.5 Å². The number of furan rings is 1. The van der Waals surface area contributed by atoms with Crippen LogP contribution in [0, 0.1) is 20.8 Å². The van der Waals surface area contributed by atoms with Gasteiger partial charge in [-0.25, -0.2) is 4.98 Å². The van der Waals surface area contributed by atoms with Crippen LogP contribution in [-0.4, -0.2) is 29.5 Å². The van der Waals surface area contributed by atoms with Gasteiger partial charge in [0.1, 0.15) is 29.6 Å². The third-order valence-electron chi connectivity index (χ3n) is 5.82. The number of benzene rings is 2. The summed E-state index contributed by atoms with van der Waals surface area (Å²) < 4.78 is 22.7. The lowest BCUT2D eigenvalue weighted by Gasteiger charge is -2.25. The summed E-state index contributed by atoms with van der Waals surface area (Å²) in [7, 11) is 0. The third-order valence-corrected chi connectivity index (χ3v) is 5.82. The largest absolute Gasteiger partial charge is 0.485 e. The number of hydrogen-bond donors (Lipinski definition) is 2. The van der Waals surface area contributed by atoms with Gasteiger partial charge in [-0.2, -0.15) is 0 Å². The molecular weight excluding hydrogens is 462 g/mol. The number of ether oxygens (including phenoxy) is 2. The number of nitrogens with zero attached hydrogens (tertiary/aromatic N) is 1. The molecule has 0 spiro atoms. The topological polar surface area (TPSA) is 116 Å². The van der Waals surface area contributed by atoms with Gasteiger partial charge in [0.15, 0.2) is 11.5 Å². The lowest BCUT2D eigenvalue weighted by Crippen LogP contribution is -2.43. The number of carbonyl (C=O) groups excluding carboxylic acids is 2. The molecule has 1 aliphatic rings. The highest BCUT2D eigenvalue weighted by atomic mass is 16.6. The van der Waals surface area contributed by atoms with E-state index >= 15 is 0 Å². The SMILES string of the molecule is Cc1cc(C(=O)Nc2ccccc2-c2nc(CNC(=O)[C@H]3COc4ccccc4O3)c(C)o2)c(C)o1. The first kappa shape index (κ1) is 23.2. The normalized spacial score (nSPS) is 14.4. The van der Waals surface area contributed by atoms with Gasteiger partial charge in [-0.1, -0.05) is 24.3 Å². The summed E-state index contributed by atoms with van der Waals surface area (Å²) in [6.45, 7) is 5.58. The van der Waals surface area contributed by atoms with Crippen molar-refractivity contribution in [1.29, 1.82) is 0 Å². The molecule has 0 saturated carbocycles. The molecular formula is C27H25N3O6. The molecule has 2 aromatic carbocycles. The van der Waals surface area contributed by atoms with Gasteiger partial charge in [-0.05, 0) is 51.1 Å². The van der Waals surface area contributed by atoms with Crippen molar-refractivity contribution in [3.8, 4) is 23.0 Å². The van der Waals surface area contributed by atoms with Crippen LogP contribution in [0.5, 0.6) is 11.5 Å². The van der Waals surface area contributed by atoms with Gasteiger partial charge < -0.3 is 28.9 Å². The molecule has 0 saturated heterocycles. The van der Waals surface area contributed by atoms with E-state index in [4.69, 9.17) is 18.3 Å². The highest BCUT2D eigenvalue weighted by molar-refractivity contribution is 6.06. The zero-order chi connectivity index (χ0) is 25.2. The molecule has 0 unspecified atom stereocenters. The van der Waals surface area contributed by atoms with Gasteiger partial charge in [-0.3, -0.25) is 9.59 Å². The Balaban J connectivity index is 1.28. The van der Waals surface area contributed by atoms with Crippen LogP contribution >= 0.6 is 0 Å². The number of carbonyl (C=O) groups is 2. The van der Waals surface area contributed by atoms with Crippen LogP contribution < -0.4 is 20.1 Å². The van der Waals surface area contributed by atoms with Crippen molar-refractivity contribution in [3.63, 3.8) is 0 Å². The Hall–Kier alpha value is -4.53. The molecule has 2 N–H and O–H groups in total. The Morgan fingerprint density at radius 3 is 2.50 bits per heavy atom. The molecule has 0 radical (unpaired) electrons. The van der Waals surface area contributed by atoms with Gasteiger partial charge in [0.05, 0.1) is 23.4 Å². The maximum absolute atomic E-state index is 12.8. The van der Waals surface area contributed by atoms with Crippen LogP contribution in [0.15, 0.2) is 63.4 Å². The second-order valence-corrected chi connectivity index (χ2v) is 8.43. The summed E-state index contributed by atoms with van der Waals surface area (Å²) >= 11 is 0. The van der Waals surface area contributed by atoms with E-state index in [2.05, 4.69) is 15.6 Å². The minimum atomic E-state index is -0.766. The van der Waals surface area contributed by atoms with E-state index < -0.39 is 6.10 Å². The fourth-order valence-electron chi connectivity index (χ4n) is 3.97. The molecule has 0 fully saturated rings. The minimum absolute atomic E-state index is 0.120. The molecule has 2 aromatic heterocycles. The average Bonchev–Trinajstić information content (AvgIpc) is 3.42. The average molecular weight is 488 g/mol. The van der Waals surface area contributed by atoms with Gasteiger partial charge in [0, 0.05) is 0 Å². The Morgan fingerprint density at radius 2 is 1.72 bits per heavy atom. The maximum atomic E-state index is 12.8. The summed E-state index contributed by atoms with van der Waals surface area (Å²) in [5, 5.41) is 5.75. The fraction of sp³-hybridized carbons (Fsp3) is 0.222. The molecule has 4 aromatic rings. The van der Waals surface area contributed by atoms with E-state index in [-0.39, 0.29) is 25.0 Å². The van der Waals surface area contributed by atoms with Crippen molar-refractivity contribution >= 4 is 17.5 Å². The molecule has 0 bridgehead atoms. The quantitative estimate of drug-likeness (QED) is 0.409. The van der Waals surface area contributed by atoms with Gasteiger partial charge in [-0.15, -0.1) is 0 Å². The fourth-order valence-corrected chi connectivity index (χ4v) is 3.97. The zero-order valence-corrected chi connectivity index (χ0v) is 20.1. The Kier molecular flexibility index (Phi) is 6.20. The van der Waals surface area contributed by atoms with Crippen LogP contribution in [0.4, 0.5) is 5.69 Å². The Labute approximate surface area is 207 Å². The van der Waals surface area contributed by atoms with E-state index in [1.807, 2.05) is 24.3 Å². The summed E-state index contributed by atoms with van der Waals surface area (Å²) in [5.41, 5.74) is 2.19. The molecule has 5 rings (SSSR count). The number of aryl methyl sites for hydroxylation is 3. The Morgan fingerprint density at radius 1 is 0.972 bits per heavy atom. The van der Waals surface area contributed by atoms with Crippen molar-refractivity contribution in [1.82, 2.24) is 10.3 Å². The molecule has 9 heteroatoms. The lowest BCUT2D eigenvalue weighted by atomic mass is 10.1. The van der Waals surface area contributed by atoms with Crippen LogP contribution in [-0.2, 0) is 11.3 Å². The second kappa shape index (κ2) is 9.61. The highest BCUT2D eigenvalue weighted by Crippen LogP contribution is 2.31. The van der Waals surface area contributed by atoms with E-state index in [0.29, 0.717) is 57.2 Å². The van der Waals surface area contributed by atoms with Crippen molar-refractivity contribution in [2.75, 3.05) is 11.9 Å². The van der Waals surface area contributed by atoms with Crippen molar-refractivity contribution in [3.05, 3.63) is 83.1 Å². The second-order valence-electron chi connectivity index (χ2n) is 8.43. The molecule has 3 heterocycles. The number of fused-ring (bicyclic) bond motifs is 1. The predicted octanol–water partition coefficient (Wildman–Crippen LogP) is 4.57. The molecule has 184 valence electrons. The van der Waals surface area contributed by atoms with Gasteiger partial charge in [0.25, 0.3) is 11.8 Å². The number of para-hydroxylation sites is 3. The third kappa shape index (κ3) is 4.68. The minimum Gasteiger partial charge on any atom is -0.485 e. The first-order valence-electron chi connectivity index (χ1n) is 11.5. The van der Waals surface area contributed by atoms with E-state index in [9.17, 15) is 9.59 Å². The number of aromatic nitrogens is 1. The standard InChI is InChI=1S/C27H25N3O6/c1-15-12-19(16(2)34-15)25(31)29-20-9-5-4-8-18(20)27-30-21(17(3)35-27)13-28-26(32)24-14-33-22-10-6-7-11-23(22)36-24/h4-12,24H,13-14H2,1-3H3,(H,28,32)(H,29,31)/t24-/m1/s1. The zero-order valence-electron chi connectivity index (χ0n) is 20.1.